The Labute approximate surface area is 176 Å². The van der Waals surface area contributed by atoms with Crippen molar-refractivity contribution in [3.8, 4) is 5.75 Å². The maximum absolute atomic E-state index is 13.6. The van der Waals surface area contributed by atoms with E-state index in [1.165, 1.54) is 0 Å². The Kier molecular flexibility index (Phi) is 5.96. The van der Waals surface area contributed by atoms with Crippen molar-refractivity contribution in [3.05, 3.63) is 29.6 Å². The van der Waals surface area contributed by atoms with Gasteiger partial charge in [0, 0.05) is 45.1 Å². The van der Waals surface area contributed by atoms with Gasteiger partial charge in [0.1, 0.15) is 24.3 Å². The number of carbonyl (C=O) groups excluding carboxylic acids is 2. The topological polar surface area (TPSA) is 71.1 Å². The van der Waals surface area contributed by atoms with E-state index in [0.717, 1.165) is 12.1 Å². The van der Waals surface area contributed by atoms with E-state index >= 15 is 0 Å². The Morgan fingerprint density at radius 3 is 2.52 bits per heavy atom. The highest BCUT2D eigenvalue weighted by molar-refractivity contribution is 5.79. The number of carbonyl (C=O) groups is 2. The van der Waals surface area contributed by atoms with Crippen LogP contribution in [-0.4, -0.2) is 72.8 Å². The zero-order valence-electron chi connectivity index (χ0n) is 16.7. The summed E-state index contributed by atoms with van der Waals surface area (Å²) in [4.78, 5) is 27.7. The first kappa shape index (κ1) is 21.7. The Hall–Kier alpha value is -2.56. The van der Waals surface area contributed by atoms with Crippen LogP contribution in [0.25, 0.3) is 0 Å². The van der Waals surface area contributed by atoms with Gasteiger partial charge >= 0.3 is 12.2 Å². The number of alkyl halides is 3. The van der Waals surface area contributed by atoms with E-state index in [4.69, 9.17) is 9.47 Å². The minimum atomic E-state index is -4.66. The third kappa shape index (κ3) is 5.03. The fourth-order valence-corrected chi connectivity index (χ4v) is 4.23. The van der Waals surface area contributed by atoms with Gasteiger partial charge in [-0.05, 0) is 18.6 Å². The molecule has 3 amide bonds. The molecule has 170 valence electrons. The Morgan fingerprint density at radius 2 is 1.81 bits per heavy atom. The quantitative estimate of drug-likeness (QED) is 0.710. The van der Waals surface area contributed by atoms with Crippen molar-refractivity contribution in [1.82, 2.24) is 15.1 Å². The van der Waals surface area contributed by atoms with Crippen molar-refractivity contribution < 1.29 is 36.6 Å². The molecular weight excluding hydrogens is 422 g/mol. The Bertz CT molecular complexity index is 842. The molecule has 3 aliphatic heterocycles. The van der Waals surface area contributed by atoms with Crippen LogP contribution in [0.3, 0.4) is 0 Å². The molecule has 0 saturated carbocycles. The SMILES string of the molecule is O=C1CO[C@H]2CCN(C(=O)N3CCC(Oc4cc(F)cc(C(F)(F)F)c4)CC3)CC2N1. The van der Waals surface area contributed by atoms with Gasteiger partial charge in [0.15, 0.2) is 0 Å². The average Bonchev–Trinajstić information content (AvgIpc) is 2.72. The molecule has 1 aromatic carbocycles. The van der Waals surface area contributed by atoms with E-state index in [2.05, 4.69) is 5.32 Å². The molecule has 4 rings (SSSR count). The zero-order valence-corrected chi connectivity index (χ0v) is 16.7. The van der Waals surface area contributed by atoms with Crippen LogP contribution in [0.1, 0.15) is 24.8 Å². The van der Waals surface area contributed by atoms with Gasteiger partial charge in [0.25, 0.3) is 0 Å². The van der Waals surface area contributed by atoms with E-state index < -0.39 is 23.7 Å². The molecule has 2 atom stereocenters. The normalized spacial score (nSPS) is 25.1. The number of amides is 3. The molecule has 3 aliphatic rings. The lowest BCUT2D eigenvalue weighted by atomic mass is 10.0. The number of fused-ring (bicyclic) bond motifs is 1. The monoisotopic (exact) mass is 445 g/mol. The molecular formula is C20H23F4N3O4. The summed E-state index contributed by atoms with van der Waals surface area (Å²) in [5.74, 6) is -1.38. The number of halogens is 4. The van der Waals surface area contributed by atoms with Gasteiger partial charge in [-0.25, -0.2) is 9.18 Å². The largest absolute Gasteiger partial charge is 0.490 e. The number of piperidine rings is 2. The first-order valence-corrected chi connectivity index (χ1v) is 10.2. The van der Waals surface area contributed by atoms with Crippen LogP contribution in [0, 0.1) is 5.82 Å². The number of hydrogen-bond donors (Lipinski definition) is 1. The van der Waals surface area contributed by atoms with Gasteiger partial charge in [0.2, 0.25) is 5.91 Å². The molecule has 1 unspecified atom stereocenters. The van der Waals surface area contributed by atoms with Crippen LogP contribution in [0.4, 0.5) is 22.4 Å². The van der Waals surface area contributed by atoms with Crippen LogP contribution < -0.4 is 10.1 Å². The molecule has 0 aromatic heterocycles. The van der Waals surface area contributed by atoms with Gasteiger partial charge in [-0.15, -0.1) is 0 Å². The number of rotatable bonds is 2. The van der Waals surface area contributed by atoms with Gasteiger partial charge in [0.05, 0.1) is 17.7 Å². The van der Waals surface area contributed by atoms with E-state index in [1.54, 1.807) is 9.80 Å². The first-order valence-electron chi connectivity index (χ1n) is 10.2. The number of urea groups is 1. The average molecular weight is 445 g/mol. The van der Waals surface area contributed by atoms with Crippen molar-refractivity contribution >= 4 is 11.9 Å². The lowest BCUT2D eigenvalue weighted by Crippen LogP contribution is -2.62. The molecule has 11 heteroatoms. The third-order valence-corrected chi connectivity index (χ3v) is 5.81. The Morgan fingerprint density at radius 1 is 1.10 bits per heavy atom. The number of ether oxygens (including phenoxy) is 2. The van der Waals surface area contributed by atoms with Crippen LogP contribution in [-0.2, 0) is 15.7 Å². The highest BCUT2D eigenvalue weighted by atomic mass is 19.4. The predicted molar refractivity (Wildman–Crippen MR) is 99.9 cm³/mol. The zero-order chi connectivity index (χ0) is 22.2. The summed E-state index contributed by atoms with van der Waals surface area (Å²) in [6.45, 7) is 1.68. The van der Waals surface area contributed by atoms with Gasteiger partial charge in [-0.1, -0.05) is 0 Å². The standard InChI is InChI=1S/C20H23F4N3O4/c21-13-7-12(20(22,23)24)8-15(9-13)31-14-1-4-26(5-2-14)19(29)27-6-3-17-16(10-27)25-18(28)11-30-17/h7-9,14,16-17H,1-6,10-11H2,(H,25,28)/t16?,17-/m0/s1. The maximum atomic E-state index is 13.6. The molecule has 0 radical (unpaired) electrons. The minimum Gasteiger partial charge on any atom is -0.490 e. The number of hydrogen-bond acceptors (Lipinski definition) is 4. The summed E-state index contributed by atoms with van der Waals surface area (Å²) in [5, 5.41) is 2.85. The summed E-state index contributed by atoms with van der Waals surface area (Å²) >= 11 is 0. The van der Waals surface area contributed by atoms with E-state index in [0.29, 0.717) is 51.5 Å². The maximum Gasteiger partial charge on any atom is 0.416 e. The summed E-state index contributed by atoms with van der Waals surface area (Å²) in [6, 6.07) is 1.76. The van der Waals surface area contributed by atoms with Gasteiger partial charge < -0.3 is 24.6 Å². The number of nitrogens with one attached hydrogen (secondary N) is 1. The van der Waals surface area contributed by atoms with Crippen molar-refractivity contribution in [3.63, 3.8) is 0 Å². The molecule has 31 heavy (non-hydrogen) atoms. The Balaban J connectivity index is 1.30. The second-order valence-corrected chi connectivity index (χ2v) is 8.02. The molecule has 0 aliphatic carbocycles. The van der Waals surface area contributed by atoms with Gasteiger partial charge in [-0.3, -0.25) is 4.79 Å². The summed E-state index contributed by atoms with van der Waals surface area (Å²) in [6.07, 6.45) is -3.69. The highest BCUT2D eigenvalue weighted by Crippen LogP contribution is 2.33. The summed E-state index contributed by atoms with van der Waals surface area (Å²) in [7, 11) is 0. The van der Waals surface area contributed by atoms with E-state index in [1.807, 2.05) is 0 Å². The smallest absolute Gasteiger partial charge is 0.416 e. The summed E-state index contributed by atoms with van der Waals surface area (Å²) < 4.78 is 63.2. The van der Waals surface area contributed by atoms with Crippen molar-refractivity contribution in [1.29, 1.82) is 0 Å². The van der Waals surface area contributed by atoms with Gasteiger partial charge in [-0.2, -0.15) is 13.2 Å². The molecule has 1 aromatic rings. The minimum absolute atomic E-state index is 0.0401. The summed E-state index contributed by atoms with van der Waals surface area (Å²) in [5.41, 5.74) is -1.10. The van der Waals surface area contributed by atoms with Crippen LogP contribution in [0.2, 0.25) is 0 Å². The lowest BCUT2D eigenvalue weighted by Gasteiger charge is -2.43. The van der Waals surface area contributed by atoms with Crippen molar-refractivity contribution in [2.75, 3.05) is 32.8 Å². The van der Waals surface area contributed by atoms with Crippen LogP contribution in [0.5, 0.6) is 5.75 Å². The second-order valence-electron chi connectivity index (χ2n) is 8.02. The fourth-order valence-electron chi connectivity index (χ4n) is 4.23. The number of benzene rings is 1. The number of nitrogens with zero attached hydrogens (tertiary/aromatic N) is 2. The predicted octanol–water partition coefficient (Wildman–Crippen LogP) is 2.40. The molecule has 0 bridgehead atoms. The van der Waals surface area contributed by atoms with E-state index in [-0.39, 0.29) is 36.4 Å². The van der Waals surface area contributed by atoms with Crippen LogP contribution in [0.15, 0.2) is 18.2 Å². The molecule has 3 heterocycles. The molecule has 3 fully saturated rings. The number of likely N-dealkylation sites (tertiary alicyclic amines) is 2. The molecule has 3 saturated heterocycles. The van der Waals surface area contributed by atoms with Crippen molar-refractivity contribution in [2.45, 2.75) is 43.7 Å². The molecule has 1 N–H and O–H groups in total. The fraction of sp³-hybridized carbons (Fsp3) is 0.600. The molecule has 0 spiro atoms. The van der Waals surface area contributed by atoms with Crippen LogP contribution >= 0.6 is 0 Å². The van der Waals surface area contributed by atoms with Crippen molar-refractivity contribution in [2.24, 2.45) is 0 Å². The first-order chi connectivity index (χ1) is 14.7. The second kappa shape index (κ2) is 8.52. The third-order valence-electron chi connectivity index (χ3n) is 5.81. The highest BCUT2D eigenvalue weighted by Gasteiger charge is 2.38. The number of morpholine rings is 1. The lowest BCUT2D eigenvalue weighted by molar-refractivity contribution is -0.140. The van der Waals surface area contributed by atoms with E-state index in [9.17, 15) is 27.2 Å². The molecule has 7 nitrogen and oxygen atoms in total.